The monoisotopic (exact) mass is 231 g/mol. The quantitative estimate of drug-likeness (QED) is 0.553. The Labute approximate surface area is 104 Å². The molecular formula is C16H9NO. The van der Waals surface area contributed by atoms with Crippen LogP contribution < -0.4 is 0 Å². The van der Waals surface area contributed by atoms with E-state index in [4.69, 9.17) is 0 Å². The van der Waals surface area contributed by atoms with E-state index < -0.39 is 0 Å². The molecule has 0 atom stereocenters. The predicted molar refractivity (Wildman–Crippen MR) is 72.6 cm³/mol. The second-order valence-corrected chi connectivity index (χ2v) is 4.46. The zero-order valence-electron chi connectivity index (χ0n) is 9.55. The van der Waals surface area contributed by atoms with E-state index in [9.17, 15) is 4.79 Å². The number of hydrogen-bond acceptors (Lipinski definition) is 2. The normalized spacial score (nSPS) is 13.4. The molecule has 0 saturated carbocycles. The molecule has 18 heavy (non-hydrogen) atoms. The van der Waals surface area contributed by atoms with Crippen molar-refractivity contribution in [2.45, 2.75) is 0 Å². The van der Waals surface area contributed by atoms with Gasteiger partial charge in [0.15, 0.2) is 5.78 Å². The van der Waals surface area contributed by atoms with Gasteiger partial charge in [0.2, 0.25) is 0 Å². The molecule has 0 bridgehead atoms. The number of fused-ring (bicyclic) bond motifs is 2. The van der Waals surface area contributed by atoms with Crippen LogP contribution in [-0.2, 0) is 0 Å². The van der Waals surface area contributed by atoms with Crippen molar-refractivity contribution < 1.29 is 4.79 Å². The van der Waals surface area contributed by atoms with Gasteiger partial charge in [0, 0.05) is 17.1 Å². The van der Waals surface area contributed by atoms with Gasteiger partial charge in [-0.1, -0.05) is 24.3 Å². The summed E-state index contributed by atoms with van der Waals surface area (Å²) in [5.74, 6) is 0.0613. The molecule has 4 rings (SSSR count). The maximum atomic E-state index is 12.0. The molecule has 0 N–H and O–H groups in total. The maximum Gasteiger partial charge on any atom is 0.186 e. The predicted octanol–water partition coefficient (Wildman–Crippen LogP) is 3.60. The molecule has 0 spiro atoms. The summed E-state index contributed by atoms with van der Waals surface area (Å²) >= 11 is 0. The van der Waals surface area contributed by atoms with Crippen molar-refractivity contribution in [1.82, 2.24) is 4.98 Å². The number of carbonyl (C=O) groups is 1. The minimum atomic E-state index is 0.0613. The summed E-state index contributed by atoms with van der Waals surface area (Å²) in [5.41, 5.74) is 1.64. The highest BCUT2D eigenvalue weighted by Gasteiger charge is 2.17. The zero-order valence-corrected chi connectivity index (χ0v) is 9.55. The van der Waals surface area contributed by atoms with Gasteiger partial charge in [-0.15, -0.1) is 0 Å². The average molecular weight is 231 g/mol. The Bertz CT molecular complexity index is 846. The number of hydrogen-bond donors (Lipinski definition) is 0. The third-order valence-corrected chi connectivity index (χ3v) is 3.46. The molecule has 0 unspecified atom stereocenters. The molecule has 0 radical (unpaired) electrons. The van der Waals surface area contributed by atoms with Crippen molar-refractivity contribution in [3.63, 3.8) is 0 Å². The van der Waals surface area contributed by atoms with Crippen molar-refractivity contribution in [1.29, 1.82) is 0 Å². The number of pyridine rings is 1. The van der Waals surface area contributed by atoms with Gasteiger partial charge in [-0.2, -0.15) is 0 Å². The Balaban J connectivity index is 2.36. The van der Waals surface area contributed by atoms with Crippen molar-refractivity contribution in [2.24, 2.45) is 0 Å². The average Bonchev–Trinajstić information content (AvgIpc) is 2.43. The lowest BCUT2D eigenvalue weighted by molar-refractivity contribution is 0.104. The van der Waals surface area contributed by atoms with Crippen LogP contribution in [0.2, 0.25) is 0 Å². The largest absolute Gasteiger partial charge is 0.289 e. The summed E-state index contributed by atoms with van der Waals surface area (Å²) in [6.07, 6.45) is 5.19. The second kappa shape index (κ2) is 3.26. The summed E-state index contributed by atoms with van der Waals surface area (Å²) in [5, 5.41) is 4.35. The molecule has 1 aromatic heterocycles. The molecule has 0 saturated heterocycles. The van der Waals surface area contributed by atoms with Gasteiger partial charge in [0.05, 0.1) is 5.69 Å². The molecule has 0 fully saturated rings. The van der Waals surface area contributed by atoms with Crippen LogP contribution in [0.25, 0.3) is 27.6 Å². The van der Waals surface area contributed by atoms with E-state index in [0.29, 0.717) is 0 Å². The molecule has 1 heterocycles. The van der Waals surface area contributed by atoms with Crippen LogP contribution in [0.4, 0.5) is 0 Å². The van der Waals surface area contributed by atoms with Gasteiger partial charge in [-0.25, -0.2) is 0 Å². The molecule has 84 valence electrons. The van der Waals surface area contributed by atoms with Crippen LogP contribution in [0.5, 0.6) is 0 Å². The van der Waals surface area contributed by atoms with Crippen molar-refractivity contribution in [2.75, 3.05) is 0 Å². The van der Waals surface area contributed by atoms with Crippen molar-refractivity contribution in [3.8, 4) is 0 Å². The van der Waals surface area contributed by atoms with Crippen LogP contribution >= 0.6 is 0 Å². The smallest absolute Gasteiger partial charge is 0.186 e. The van der Waals surface area contributed by atoms with E-state index in [-0.39, 0.29) is 5.78 Å². The number of benzene rings is 2. The molecule has 0 aliphatic heterocycles. The van der Waals surface area contributed by atoms with Crippen LogP contribution in [0, 0.1) is 0 Å². The van der Waals surface area contributed by atoms with Gasteiger partial charge >= 0.3 is 0 Å². The first-order chi connectivity index (χ1) is 8.84. The highest BCUT2D eigenvalue weighted by Crippen LogP contribution is 2.33. The molecule has 1 aliphatic rings. The van der Waals surface area contributed by atoms with E-state index in [2.05, 4.69) is 11.1 Å². The van der Waals surface area contributed by atoms with Crippen LogP contribution in [0.3, 0.4) is 0 Å². The molecule has 2 heteroatoms. The summed E-state index contributed by atoms with van der Waals surface area (Å²) in [6, 6.07) is 12.1. The molecule has 1 aliphatic carbocycles. The number of carbonyl (C=O) groups excluding carboxylic acids is 1. The SMILES string of the molecule is O=C1C=Cc2nccc3c2c1cc1ccccc13. The standard InChI is InChI=1S/C16H9NO/c18-15-6-5-14-16-12(7-8-17-14)11-4-2-1-3-10(11)9-13(15)16/h1-9H. The third-order valence-electron chi connectivity index (χ3n) is 3.46. The highest BCUT2D eigenvalue weighted by molar-refractivity contribution is 6.24. The topological polar surface area (TPSA) is 30.0 Å². The Morgan fingerprint density at radius 3 is 2.78 bits per heavy atom. The van der Waals surface area contributed by atoms with E-state index >= 15 is 0 Å². The van der Waals surface area contributed by atoms with Crippen LogP contribution in [-0.4, -0.2) is 10.8 Å². The Morgan fingerprint density at radius 2 is 1.83 bits per heavy atom. The third kappa shape index (κ3) is 1.12. The van der Waals surface area contributed by atoms with Crippen molar-refractivity contribution >= 4 is 33.4 Å². The summed E-state index contributed by atoms with van der Waals surface area (Å²) in [4.78, 5) is 16.3. The fourth-order valence-electron chi connectivity index (χ4n) is 2.65. The maximum absolute atomic E-state index is 12.0. The van der Waals surface area contributed by atoms with Gasteiger partial charge in [0.25, 0.3) is 0 Å². The van der Waals surface area contributed by atoms with Gasteiger partial charge in [0.1, 0.15) is 0 Å². The Morgan fingerprint density at radius 1 is 0.944 bits per heavy atom. The number of nitrogens with zero attached hydrogens (tertiary/aromatic N) is 1. The van der Waals surface area contributed by atoms with Gasteiger partial charge in [-0.3, -0.25) is 9.78 Å². The number of rotatable bonds is 0. The molecule has 0 amide bonds. The summed E-state index contributed by atoms with van der Waals surface area (Å²) < 4.78 is 0. The van der Waals surface area contributed by atoms with E-state index in [1.54, 1.807) is 18.3 Å². The Hall–Kier alpha value is -2.48. The number of allylic oxidation sites excluding steroid dienone is 1. The van der Waals surface area contributed by atoms with E-state index in [1.807, 2.05) is 30.3 Å². The van der Waals surface area contributed by atoms with E-state index in [0.717, 1.165) is 27.4 Å². The first-order valence-electron chi connectivity index (χ1n) is 5.87. The molecule has 3 aromatic rings. The van der Waals surface area contributed by atoms with Crippen LogP contribution in [0.1, 0.15) is 16.1 Å². The fraction of sp³-hybridized carbons (Fsp3) is 0. The molecule has 2 nitrogen and oxygen atoms in total. The second-order valence-electron chi connectivity index (χ2n) is 4.46. The lowest BCUT2D eigenvalue weighted by Crippen LogP contribution is -2.03. The lowest BCUT2D eigenvalue weighted by atomic mass is 9.91. The van der Waals surface area contributed by atoms with E-state index in [1.165, 1.54) is 5.39 Å². The summed E-state index contributed by atoms with van der Waals surface area (Å²) in [6.45, 7) is 0. The fourth-order valence-corrected chi connectivity index (χ4v) is 2.65. The van der Waals surface area contributed by atoms with Gasteiger partial charge < -0.3 is 0 Å². The number of ketones is 1. The zero-order chi connectivity index (χ0) is 12.1. The minimum absolute atomic E-state index is 0.0613. The first-order valence-corrected chi connectivity index (χ1v) is 5.87. The van der Waals surface area contributed by atoms with Crippen molar-refractivity contribution in [3.05, 3.63) is 59.9 Å². The summed E-state index contributed by atoms with van der Waals surface area (Å²) in [7, 11) is 0. The number of aromatic nitrogens is 1. The Kier molecular flexibility index (Phi) is 1.73. The molecule has 2 aromatic carbocycles. The molecular weight excluding hydrogens is 222 g/mol. The van der Waals surface area contributed by atoms with Gasteiger partial charge in [-0.05, 0) is 40.4 Å². The van der Waals surface area contributed by atoms with Crippen LogP contribution in [0.15, 0.2) is 48.7 Å². The first kappa shape index (κ1) is 9.54. The lowest BCUT2D eigenvalue weighted by Gasteiger charge is -2.13. The highest BCUT2D eigenvalue weighted by atomic mass is 16.1. The minimum Gasteiger partial charge on any atom is -0.289 e.